The van der Waals surface area contributed by atoms with Crippen LogP contribution in [0.1, 0.15) is 32.3 Å². The van der Waals surface area contributed by atoms with E-state index in [1.807, 2.05) is 56.1 Å². The van der Waals surface area contributed by atoms with Gasteiger partial charge in [-0.3, -0.25) is 9.69 Å². The lowest BCUT2D eigenvalue weighted by Gasteiger charge is -2.35. The molecule has 0 atom stereocenters. The summed E-state index contributed by atoms with van der Waals surface area (Å²) in [6, 6.07) is 9.93. The fourth-order valence-corrected chi connectivity index (χ4v) is 2.93. The van der Waals surface area contributed by atoms with Crippen LogP contribution in [-0.2, 0) is 20.9 Å². The SMILES string of the molecule is CC(C)COC(=O)N1CCC(N(C)CC(=O)OCc2ccccc2)CC1. The van der Waals surface area contributed by atoms with Crippen molar-refractivity contribution < 1.29 is 19.1 Å². The number of esters is 1. The van der Waals surface area contributed by atoms with Gasteiger partial charge in [-0.1, -0.05) is 44.2 Å². The van der Waals surface area contributed by atoms with Gasteiger partial charge in [-0.15, -0.1) is 0 Å². The van der Waals surface area contributed by atoms with E-state index < -0.39 is 0 Å². The number of hydrogen-bond donors (Lipinski definition) is 0. The Hall–Kier alpha value is -2.08. The third-order valence-corrected chi connectivity index (χ3v) is 4.51. The Labute approximate surface area is 156 Å². The van der Waals surface area contributed by atoms with E-state index in [2.05, 4.69) is 0 Å². The normalized spacial score (nSPS) is 15.3. The lowest BCUT2D eigenvalue weighted by atomic mass is 10.0. The van der Waals surface area contributed by atoms with Crippen molar-refractivity contribution in [1.82, 2.24) is 9.80 Å². The summed E-state index contributed by atoms with van der Waals surface area (Å²) in [5.74, 6) is 0.111. The zero-order valence-corrected chi connectivity index (χ0v) is 16.0. The second-order valence-corrected chi connectivity index (χ2v) is 7.25. The molecule has 1 saturated heterocycles. The van der Waals surface area contributed by atoms with Gasteiger partial charge in [0.1, 0.15) is 6.61 Å². The van der Waals surface area contributed by atoms with Gasteiger partial charge in [-0.05, 0) is 31.4 Å². The Bertz CT molecular complexity index is 568. The molecule has 0 spiro atoms. The lowest BCUT2D eigenvalue weighted by molar-refractivity contribution is -0.146. The number of nitrogens with zero attached hydrogens (tertiary/aromatic N) is 2. The van der Waals surface area contributed by atoms with Crippen molar-refractivity contribution in [2.45, 2.75) is 39.3 Å². The maximum absolute atomic E-state index is 12.0. The van der Waals surface area contributed by atoms with Gasteiger partial charge in [0.25, 0.3) is 0 Å². The quantitative estimate of drug-likeness (QED) is 0.698. The van der Waals surface area contributed by atoms with Crippen LogP contribution in [0.25, 0.3) is 0 Å². The third kappa shape index (κ3) is 6.67. The van der Waals surface area contributed by atoms with Crippen molar-refractivity contribution in [1.29, 1.82) is 0 Å². The van der Waals surface area contributed by atoms with E-state index in [4.69, 9.17) is 9.47 Å². The van der Waals surface area contributed by atoms with Crippen LogP contribution in [0.4, 0.5) is 4.79 Å². The van der Waals surface area contributed by atoms with Gasteiger partial charge in [0.05, 0.1) is 13.2 Å². The molecule has 0 saturated carbocycles. The number of carbonyl (C=O) groups excluding carboxylic acids is 2. The van der Waals surface area contributed by atoms with Gasteiger partial charge in [0.15, 0.2) is 0 Å². The molecule has 144 valence electrons. The molecule has 1 aliphatic heterocycles. The largest absolute Gasteiger partial charge is 0.460 e. The predicted molar refractivity (Wildman–Crippen MR) is 99.6 cm³/mol. The number of ether oxygens (including phenoxy) is 2. The Kier molecular flexibility index (Phi) is 7.91. The van der Waals surface area contributed by atoms with Crippen molar-refractivity contribution in [3.63, 3.8) is 0 Å². The van der Waals surface area contributed by atoms with E-state index in [9.17, 15) is 9.59 Å². The molecule has 1 heterocycles. The number of likely N-dealkylation sites (N-methyl/N-ethyl adjacent to an activating group) is 1. The van der Waals surface area contributed by atoms with Crippen LogP contribution in [0.2, 0.25) is 0 Å². The molecule has 0 bridgehead atoms. The highest BCUT2D eigenvalue weighted by Gasteiger charge is 2.27. The highest BCUT2D eigenvalue weighted by atomic mass is 16.6. The first-order valence-electron chi connectivity index (χ1n) is 9.27. The van der Waals surface area contributed by atoms with Crippen LogP contribution in [0.15, 0.2) is 30.3 Å². The van der Waals surface area contributed by atoms with Crippen molar-refractivity contribution in [3.05, 3.63) is 35.9 Å². The standard InChI is InChI=1S/C20H30N2O4/c1-16(2)14-26-20(24)22-11-9-18(10-12-22)21(3)13-19(23)25-15-17-7-5-4-6-8-17/h4-8,16,18H,9-15H2,1-3H3. The van der Waals surface area contributed by atoms with Gasteiger partial charge in [-0.2, -0.15) is 0 Å². The molecule has 1 fully saturated rings. The molecule has 6 heteroatoms. The molecule has 1 aromatic carbocycles. The Morgan fingerprint density at radius 2 is 1.81 bits per heavy atom. The van der Waals surface area contributed by atoms with Crippen LogP contribution in [0, 0.1) is 5.92 Å². The van der Waals surface area contributed by atoms with E-state index >= 15 is 0 Å². The fourth-order valence-electron chi connectivity index (χ4n) is 2.93. The van der Waals surface area contributed by atoms with Gasteiger partial charge in [0.2, 0.25) is 0 Å². The highest BCUT2D eigenvalue weighted by molar-refractivity contribution is 5.71. The number of piperidine rings is 1. The maximum atomic E-state index is 12.0. The third-order valence-electron chi connectivity index (χ3n) is 4.51. The van der Waals surface area contributed by atoms with E-state index in [-0.39, 0.29) is 24.6 Å². The molecule has 6 nitrogen and oxygen atoms in total. The molecule has 26 heavy (non-hydrogen) atoms. The van der Waals surface area contributed by atoms with E-state index in [1.54, 1.807) is 4.90 Å². The monoisotopic (exact) mass is 362 g/mol. The minimum absolute atomic E-state index is 0.227. The van der Waals surface area contributed by atoms with Gasteiger partial charge in [-0.25, -0.2) is 4.79 Å². The summed E-state index contributed by atoms with van der Waals surface area (Å²) in [4.78, 5) is 27.8. The summed E-state index contributed by atoms with van der Waals surface area (Å²) in [5, 5.41) is 0. The maximum Gasteiger partial charge on any atom is 0.409 e. The second-order valence-electron chi connectivity index (χ2n) is 7.25. The zero-order chi connectivity index (χ0) is 18.9. The average Bonchev–Trinajstić information content (AvgIpc) is 2.65. The van der Waals surface area contributed by atoms with Gasteiger partial charge in [0, 0.05) is 19.1 Å². The number of likely N-dealkylation sites (tertiary alicyclic amines) is 1. The average molecular weight is 362 g/mol. The topological polar surface area (TPSA) is 59.1 Å². The first-order valence-corrected chi connectivity index (χ1v) is 9.27. The Morgan fingerprint density at radius 1 is 1.15 bits per heavy atom. The number of amides is 1. The Morgan fingerprint density at radius 3 is 2.42 bits per heavy atom. The molecule has 0 unspecified atom stereocenters. The van der Waals surface area contributed by atoms with Crippen LogP contribution >= 0.6 is 0 Å². The summed E-state index contributed by atoms with van der Waals surface area (Å²) >= 11 is 0. The van der Waals surface area contributed by atoms with Crippen molar-refractivity contribution in [3.8, 4) is 0 Å². The summed E-state index contributed by atoms with van der Waals surface area (Å²) in [7, 11) is 1.93. The summed E-state index contributed by atoms with van der Waals surface area (Å²) in [5.41, 5.74) is 0.983. The minimum Gasteiger partial charge on any atom is -0.460 e. The van der Waals surface area contributed by atoms with Crippen molar-refractivity contribution >= 4 is 12.1 Å². The summed E-state index contributed by atoms with van der Waals surface area (Å²) in [6.45, 7) is 6.36. The highest BCUT2D eigenvalue weighted by Crippen LogP contribution is 2.16. The van der Waals surface area contributed by atoms with Gasteiger partial charge < -0.3 is 14.4 Å². The summed E-state index contributed by atoms with van der Waals surface area (Å²) < 4.78 is 10.6. The predicted octanol–water partition coefficient (Wildman–Crippen LogP) is 2.92. The molecule has 0 aromatic heterocycles. The van der Waals surface area contributed by atoms with E-state index in [0.717, 1.165) is 18.4 Å². The second kappa shape index (κ2) is 10.2. The molecule has 1 amide bonds. The van der Waals surface area contributed by atoms with Crippen molar-refractivity contribution in [2.24, 2.45) is 5.92 Å². The van der Waals surface area contributed by atoms with Gasteiger partial charge >= 0.3 is 12.1 Å². The number of benzene rings is 1. The number of rotatable bonds is 7. The van der Waals surface area contributed by atoms with Crippen LogP contribution in [0.3, 0.4) is 0 Å². The van der Waals surface area contributed by atoms with E-state index in [0.29, 0.717) is 32.2 Å². The zero-order valence-electron chi connectivity index (χ0n) is 16.0. The van der Waals surface area contributed by atoms with Crippen LogP contribution in [0.5, 0.6) is 0 Å². The molecule has 2 rings (SSSR count). The molecule has 0 radical (unpaired) electrons. The fraction of sp³-hybridized carbons (Fsp3) is 0.600. The molecule has 0 aliphatic carbocycles. The smallest absolute Gasteiger partial charge is 0.409 e. The summed E-state index contributed by atoms with van der Waals surface area (Å²) in [6.07, 6.45) is 1.43. The number of carbonyl (C=O) groups is 2. The molecule has 0 N–H and O–H groups in total. The van der Waals surface area contributed by atoms with E-state index in [1.165, 1.54) is 0 Å². The van der Waals surface area contributed by atoms with Crippen LogP contribution < -0.4 is 0 Å². The minimum atomic E-state index is -0.234. The van der Waals surface area contributed by atoms with Crippen molar-refractivity contribution in [2.75, 3.05) is 33.3 Å². The molecular weight excluding hydrogens is 332 g/mol. The number of hydrogen-bond acceptors (Lipinski definition) is 5. The first kappa shape index (κ1) is 20.2. The van der Waals surface area contributed by atoms with Crippen LogP contribution in [-0.4, -0.2) is 61.2 Å². The first-order chi connectivity index (χ1) is 12.5. The molecular formula is C20H30N2O4. The lowest BCUT2D eigenvalue weighted by Crippen LogP contribution is -2.47. The molecule has 1 aliphatic rings. The molecule has 1 aromatic rings. The Balaban J connectivity index is 1.68.